The first-order chi connectivity index (χ1) is 7.22. The highest BCUT2D eigenvalue weighted by molar-refractivity contribution is 7.10. The minimum atomic E-state index is 0.132. The summed E-state index contributed by atoms with van der Waals surface area (Å²) in [4.78, 5) is 3.95. The largest absolute Gasteiger partial charge is 0.295 e. The zero-order valence-corrected chi connectivity index (χ0v) is 10.0. The molecule has 1 aromatic rings. The van der Waals surface area contributed by atoms with E-state index in [1.165, 1.54) is 10.4 Å². The van der Waals surface area contributed by atoms with Gasteiger partial charge < -0.3 is 0 Å². The van der Waals surface area contributed by atoms with E-state index in [2.05, 4.69) is 29.3 Å². The van der Waals surface area contributed by atoms with E-state index in [-0.39, 0.29) is 5.92 Å². The molecule has 2 atom stereocenters. The van der Waals surface area contributed by atoms with Gasteiger partial charge in [-0.2, -0.15) is 5.26 Å². The van der Waals surface area contributed by atoms with Crippen LogP contribution < -0.4 is 0 Å². The average Bonchev–Trinajstić information content (AvgIpc) is 2.70. The Morgan fingerprint density at radius 3 is 3.27 bits per heavy atom. The molecule has 80 valence electrons. The molecule has 0 radical (unpaired) electrons. The van der Waals surface area contributed by atoms with E-state index in [1.54, 1.807) is 0 Å². The molecular weight excluding hydrogens is 204 g/mol. The van der Waals surface area contributed by atoms with Crippen molar-refractivity contribution in [3.8, 4) is 6.07 Å². The first-order valence-corrected chi connectivity index (χ1v) is 6.30. The molecular formula is C12H16N2S. The van der Waals surface area contributed by atoms with Crippen molar-refractivity contribution in [3.05, 3.63) is 21.9 Å². The molecule has 0 N–H and O–H groups in total. The Balaban J connectivity index is 2.10. The van der Waals surface area contributed by atoms with Crippen molar-refractivity contribution in [3.63, 3.8) is 0 Å². The molecule has 0 saturated heterocycles. The monoisotopic (exact) mass is 220 g/mol. The molecule has 2 rings (SSSR count). The molecule has 0 aromatic carbocycles. The van der Waals surface area contributed by atoms with Crippen molar-refractivity contribution >= 4 is 11.3 Å². The minimum absolute atomic E-state index is 0.132. The maximum absolute atomic E-state index is 8.83. The number of fused-ring (bicyclic) bond motifs is 1. The summed E-state index contributed by atoms with van der Waals surface area (Å²) in [6.07, 6.45) is 1.15. The third-order valence-corrected chi connectivity index (χ3v) is 4.13. The van der Waals surface area contributed by atoms with Gasteiger partial charge in [-0.25, -0.2) is 0 Å². The Bertz CT molecular complexity index is 377. The number of hydrogen-bond donors (Lipinski definition) is 0. The maximum Gasteiger partial charge on any atom is 0.0666 e. The van der Waals surface area contributed by atoms with Crippen LogP contribution in [0.4, 0.5) is 0 Å². The summed E-state index contributed by atoms with van der Waals surface area (Å²) in [5.74, 6) is 0.132. The van der Waals surface area contributed by atoms with Crippen LogP contribution in [0.2, 0.25) is 0 Å². The van der Waals surface area contributed by atoms with Crippen LogP contribution in [0.15, 0.2) is 11.4 Å². The second kappa shape index (κ2) is 4.34. The Labute approximate surface area is 95.1 Å². The molecule has 0 bridgehead atoms. The van der Waals surface area contributed by atoms with Gasteiger partial charge in [-0.1, -0.05) is 0 Å². The van der Waals surface area contributed by atoms with Gasteiger partial charge in [-0.15, -0.1) is 11.3 Å². The van der Waals surface area contributed by atoms with Crippen molar-refractivity contribution < 1.29 is 0 Å². The number of rotatable bonds is 2. The molecule has 0 amide bonds. The fourth-order valence-electron chi connectivity index (χ4n) is 2.20. The van der Waals surface area contributed by atoms with Gasteiger partial charge >= 0.3 is 0 Å². The van der Waals surface area contributed by atoms with Gasteiger partial charge in [-0.3, -0.25) is 4.90 Å². The highest BCUT2D eigenvalue weighted by Gasteiger charge is 2.25. The van der Waals surface area contributed by atoms with Crippen LogP contribution in [0.1, 0.15) is 30.3 Å². The first kappa shape index (κ1) is 10.7. The van der Waals surface area contributed by atoms with Gasteiger partial charge in [0.2, 0.25) is 0 Å². The second-order valence-electron chi connectivity index (χ2n) is 4.25. The van der Waals surface area contributed by atoms with Crippen LogP contribution in [0.25, 0.3) is 0 Å². The quantitative estimate of drug-likeness (QED) is 0.766. The van der Waals surface area contributed by atoms with Crippen LogP contribution in [-0.4, -0.2) is 18.0 Å². The molecule has 2 unspecified atom stereocenters. The Morgan fingerprint density at radius 1 is 1.73 bits per heavy atom. The van der Waals surface area contributed by atoms with Crippen LogP contribution in [-0.2, 0) is 6.42 Å². The minimum Gasteiger partial charge on any atom is -0.295 e. The fourth-order valence-corrected chi connectivity index (χ4v) is 3.17. The fraction of sp³-hybridized carbons (Fsp3) is 0.583. The lowest BCUT2D eigenvalue weighted by molar-refractivity contribution is 0.186. The summed E-state index contributed by atoms with van der Waals surface area (Å²) >= 11 is 1.86. The summed E-state index contributed by atoms with van der Waals surface area (Å²) in [5.41, 5.74) is 1.47. The predicted molar refractivity (Wildman–Crippen MR) is 62.8 cm³/mol. The highest BCUT2D eigenvalue weighted by Crippen LogP contribution is 2.32. The molecule has 0 saturated carbocycles. The van der Waals surface area contributed by atoms with Crippen LogP contribution >= 0.6 is 11.3 Å². The Morgan fingerprint density at radius 2 is 2.53 bits per heavy atom. The van der Waals surface area contributed by atoms with E-state index in [4.69, 9.17) is 5.26 Å². The summed E-state index contributed by atoms with van der Waals surface area (Å²) in [7, 11) is 0. The van der Waals surface area contributed by atoms with Gasteiger partial charge in [-0.05, 0) is 37.3 Å². The highest BCUT2D eigenvalue weighted by atomic mass is 32.1. The molecule has 2 nitrogen and oxygen atoms in total. The van der Waals surface area contributed by atoms with E-state index in [9.17, 15) is 0 Å². The van der Waals surface area contributed by atoms with E-state index in [0.29, 0.717) is 6.04 Å². The zero-order chi connectivity index (χ0) is 10.8. The third kappa shape index (κ3) is 2.06. The SMILES string of the molecule is CC(C#N)CN1CCc2sccc2C1C. The Hall–Kier alpha value is -0.850. The standard InChI is InChI=1S/C12H16N2S/c1-9(7-13)8-14-5-3-12-11(10(14)2)4-6-15-12/h4,6,9-10H,3,5,8H2,1-2H3. The van der Waals surface area contributed by atoms with Gasteiger partial charge in [0.15, 0.2) is 0 Å². The van der Waals surface area contributed by atoms with Gasteiger partial charge in [0.05, 0.1) is 12.0 Å². The van der Waals surface area contributed by atoms with E-state index >= 15 is 0 Å². The molecule has 0 spiro atoms. The van der Waals surface area contributed by atoms with Crippen LogP contribution in [0.5, 0.6) is 0 Å². The lowest BCUT2D eigenvalue weighted by Gasteiger charge is -2.34. The van der Waals surface area contributed by atoms with Crippen LogP contribution in [0, 0.1) is 17.2 Å². The molecule has 3 heteroatoms. The lowest BCUT2D eigenvalue weighted by Crippen LogP contribution is -2.36. The second-order valence-corrected chi connectivity index (χ2v) is 5.25. The number of nitriles is 1. The summed E-state index contributed by atoms with van der Waals surface area (Å²) < 4.78 is 0. The molecule has 2 heterocycles. The molecule has 1 aromatic heterocycles. The zero-order valence-electron chi connectivity index (χ0n) is 9.23. The normalized spacial score (nSPS) is 23.1. The average molecular weight is 220 g/mol. The molecule has 0 fully saturated rings. The number of thiophene rings is 1. The van der Waals surface area contributed by atoms with E-state index in [1.807, 2.05) is 18.3 Å². The van der Waals surface area contributed by atoms with Crippen LogP contribution in [0.3, 0.4) is 0 Å². The van der Waals surface area contributed by atoms with Crippen molar-refractivity contribution in [1.29, 1.82) is 5.26 Å². The van der Waals surface area contributed by atoms with E-state index in [0.717, 1.165) is 19.5 Å². The lowest BCUT2D eigenvalue weighted by atomic mass is 10.00. The summed E-state index contributed by atoms with van der Waals surface area (Å²) in [5, 5.41) is 11.0. The summed E-state index contributed by atoms with van der Waals surface area (Å²) in [6, 6.07) is 5.02. The molecule has 15 heavy (non-hydrogen) atoms. The van der Waals surface area contributed by atoms with Crippen molar-refractivity contribution in [2.45, 2.75) is 26.3 Å². The van der Waals surface area contributed by atoms with Crippen molar-refractivity contribution in [2.24, 2.45) is 5.92 Å². The van der Waals surface area contributed by atoms with Crippen molar-refractivity contribution in [2.75, 3.05) is 13.1 Å². The first-order valence-electron chi connectivity index (χ1n) is 5.42. The van der Waals surface area contributed by atoms with Gasteiger partial charge in [0.1, 0.15) is 0 Å². The third-order valence-electron chi connectivity index (χ3n) is 3.13. The topological polar surface area (TPSA) is 27.0 Å². The predicted octanol–water partition coefficient (Wildman–Crippen LogP) is 2.83. The van der Waals surface area contributed by atoms with Gasteiger partial charge in [0, 0.05) is 24.0 Å². The van der Waals surface area contributed by atoms with Crippen molar-refractivity contribution in [1.82, 2.24) is 4.90 Å². The Kier molecular flexibility index (Phi) is 3.08. The molecule has 0 aliphatic carbocycles. The number of nitrogens with zero attached hydrogens (tertiary/aromatic N) is 2. The summed E-state index contributed by atoms with van der Waals surface area (Å²) in [6.45, 7) is 6.23. The number of hydrogen-bond acceptors (Lipinski definition) is 3. The van der Waals surface area contributed by atoms with E-state index < -0.39 is 0 Å². The maximum atomic E-state index is 8.83. The van der Waals surface area contributed by atoms with Gasteiger partial charge in [0.25, 0.3) is 0 Å². The smallest absolute Gasteiger partial charge is 0.0666 e. The molecule has 1 aliphatic rings. The molecule has 1 aliphatic heterocycles.